The molecular weight excluding hydrogens is 449 g/mol. The molecule has 2 aromatic heterocycles. The number of imidazole rings is 1. The van der Waals surface area contributed by atoms with Crippen LogP contribution in [0, 0.1) is 11.7 Å². The Morgan fingerprint density at radius 2 is 2.10 bits per heavy atom. The highest BCUT2D eigenvalue weighted by Crippen LogP contribution is 2.63. The molecule has 4 aromatic rings. The second kappa shape index (κ2) is 6.01. The molecule has 0 unspecified atom stereocenters. The van der Waals surface area contributed by atoms with Crippen molar-refractivity contribution in [1.29, 1.82) is 0 Å². The number of anilines is 1. The van der Waals surface area contributed by atoms with Gasteiger partial charge in [-0.2, -0.15) is 0 Å². The second-order valence-electron chi connectivity index (χ2n) is 8.11. The number of nitrogens with two attached hydrogens (primary N) is 1. The number of nitrogen functional groups attached to an aromatic ring is 1. The molecule has 3 atom stereocenters. The van der Waals surface area contributed by atoms with Gasteiger partial charge in [0, 0.05) is 17.6 Å². The molecule has 0 spiro atoms. The van der Waals surface area contributed by atoms with E-state index in [2.05, 4.69) is 38.0 Å². The number of hydrogen-bond acceptors (Lipinski definition) is 4. The summed E-state index contributed by atoms with van der Waals surface area (Å²) in [6.45, 7) is 0. The average molecular weight is 466 g/mol. The van der Waals surface area contributed by atoms with Crippen LogP contribution >= 0.6 is 15.9 Å². The number of carbonyl (C=O) groups is 1. The van der Waals surface area contributed by atoms with Gasteiger partial charge in [-0.15, -0.1) is 0 Å². The first-order valence-corrected chi connectivity index (χ1v) is 10.5. The molecule has 1 saturated carbocycles. The van der Waals surface area contributed by atoms with Crippen molar-refractivity contribution >= 4 is 44.2 Å². The molecule has 6 rings (SSSR count). The standard InChI is InChI=1S/C22H17BrFN5O/c1-28(20-11-3-2-10(23)4-12(11)13-5-14(13)20)22(30)15-6-18-17(7-16(15)24)27-21(25)19-8-26-9-29(18)19/h2-4,6-9,13-14,20H,5H2,1H3,(H2,25,27)/t13-,14-,20+/m0/s1. The van der Waals surface area contributed by atoms with Crippen LogP contribution < -0.4 is 5.73 Å². The third-order valence-electron chi connectivity index (χ3n) is 6.45. The van der Waals surface area contributed by atoms with Crippen LogP contribution in [-0.2, 0) is 0 Å². The zero-order chi connectivity index (χ0) is 20.7. The van der Waals surface area contributed by atoms with Crippen molar-refractivity contribution in [3.8, 4) is 0 Å². The molecule has 2 aliphatic rings. The van der Waals surface area contributed by atoms with Gasteiger partial charge in [-0.25, -0.2) is 14.4 Å². The molecule has 1 fully saturated rings. The van der Waals surface area contributed by atoms with Crippen LogP contribution in [0.5, 0.6) is 0 Å². The van der Waals surface area contributed by atoms with Gasteiger partial charge in [-0.1, -0.05) is 22.0 Å². The predicted molar refractivity (Wildman–Crippen MR) is 115 cm³/mol. The SMILES string of the molecule is CN(C(=O)c1cc2c(cc1F)nc(N)c1cncn12)[C@@H]1c2ccc(Br)cc2[C@@H]2C[C@H]12. The van der Waals surface area contributed by atoms with Gasteiger partial charge in [0.25, 0.3) is 5.91 Å². The summed E-state index contributed by atoms with van der Waals surface area (Å²) in [6.07, 6.45) is 4.25. The van der Waals surface area contributed by atoms with Crippen LogP contribution in [0.2, 0.25) is 0 Å². The van der Waals surface area contributed by atoms with Gasteiger partial charge in [-0.05, 0) is 47.6 Å². The molecule has 0 aliphatic heterocycles. The Balaban J connectivity index is 1.44. The van der Waals surface area contributed by atoms with E-state index in [0.29, 0.717) is 28.4 Å². The lowest BCUT2D eigenvalue weighted by atomic mass is 10.0. The molecule has 2 N–H and O–H groups in total. The fourth-order valence-corrected chi connectivity index (χ4v) is 5.34. The quantitative estimate of drug-likeness (QED) is 0.478. The number of carbonyl (C=O) groups excluding carboxylic acids is 1. The predicted octanol–water partition coefficient (Wildman–Crippen LogP) is 4.30. The van der Waals surface area contributed by atoms with Gasteiger partial charge in [-0.3, -0.25) is 9.20 Å². The van der Waals surface area contributed by atoms with Crippen LogP contribution in [0.15, 0.2) is 47.3 Å². The number of nitrogens with zero attached hydrogens (tertiary/aromatic N) is 4. The topological polar surface area (TPSA) is 76.5 Å². The lowest BCUT2D eigenvalue weighted by molar-refractivity contribution is 0.0711. The zero-order valence-electron chi connectivity index (χ0n) is 16.0. The van der Waals surface area contributed by atoms with Gasteiger partial charge in [0.15, 0.2) is 0 Å². The third kappa shape index (κ3) is 2.37. The lowest BCUT2D eigenvalue weighted by Crippen LogP contribution is -2.32. The van der Waals surface area contributed by atoms with Crippen molar-refractivity contribution < 1.29 is 9.18 Å². The Labute approximate surface area is 179 Å². The van der Waals surface area contributed by atoms with E-state index < -0.39 is 5.82 Å². The summed E-state index contributed by atoms with van der Waals surface area (Å²) in [4.78, 5) is 23.4. The number of amides is 1. The average Bonchev–Trinajstić information content (AvgIpc) is 3.20. The van der Waals surface area contributed by atoms with E-state index in [9.17, 15) is 9.18 Å². The van der Waals surface area contributed by atoms with Gasteiger partial charge >= 0.3 is 0 Å². The normalized spacial score (nSPS) is 21.6. The summed E-state index contributed by atoms with van der Waals surface area (Å²) in [6, 6.07) is 8.98. The number of rotatable bonds is 2. The molecule has 2 heterocycles. The highest BCUT2D eigenvalue weighted by atomic mass is 79.9. The molecule has 0 bridgehead atoms. The van der Waals surface area contributed by atoms with E-state index in [-0.39, 0.29) is 23.3 Å². The van der Waals surface area contributed by atoms with Gasteiger partial charge < -0.3 is 10.6 Å². The Morgan fingerprint density at radius 3 is 2.93 bits per heavy atom. The van der Waals surface area contributed by atoms with Crippen LogP contribution in [0.3, 0.4) is 0 Å². The molecule has 2 aliphatic carbocycles. The fourth-order valence-electron chi connectivity index (χ4n) is 4.96. The van der Waals surface area contributed by atoms with Crippen molar-refractivity contribution in [2.24, 2.45) is 5.92 Å². The van der Waals surface area contributed by atoms with Gasteiger partial charge in [0.1, 0.15) is 17.2 Å². The minimum Gasteiger partial charge on any atom is -0.382 e. The van der Waals surface area contributed by atoms with E-state index in [1.54, 1.807) is 34.9 Å². The van der Waals surface area contributed by atoms with E-state index in [0.717, 1.165) is 16.5 Å². The summed E-state index contributed by atoms with van der Waals surface area (Å²) in [5.41, 5.74) is 10.0. The maximum atomic E-state index is 15.0. The number of aromatic nitrogens is 3. The van der Waals surface area contributed by atoms with E-state index in [1.165, 1.54) is 11.6 Å². The Kier molecular flexibility index (Phi) is 3.57. The zero-order valence-corrected chi connectivity index (χ0v) is 17.6. The fraction of sp³-hybridized carbons (Fsp3) is 0.227. The lowest BCUT2D eigenvalue weighted by Gasteiger charge is -2.28. The molecule has 150 valence electrons. The first-order valence-electron chi connectivity index (χ1n) is 9.71. The molecule has 1 amide bonds. The van der Waals surface area contributed by atoms with Crippen molar-refractivity contribution in [3.63, 3.8) is 0 Å². The molecule has 0 saturated heterocycles. The monoisotopic (exact) mass is 465 g/mol. The molecule has 8 heteroatoms. The summed E-state index contributed by atoms with van der Waals surface area (Å²) in [7, 11) is 1.76. The first-order chi connectivity index (χ1) is 14.4. The van der Waals surface area contributed by atoms with Gasteiger partial charge in [0.2, 0.25) is 0 Å². The smallest absolute Gasteiger partial charge is 0.257 e. The first kappa shape index (κ1) is 17.8. The Hall–Kier alpha value is -3.00. The largest absolute Gasteiger partial charge is 0.382 e. The molecular formula is C22H17BrFN5O. The molecule has 30 heavy (non-hydrogen) atoms. The van der Waals surface area contributed by atoms with Crippen LogP contribution in [0.25, 0.3) is 16.6 Å². The van der Waals surface area contributed by atoms with Crippen LogP contribution in [-0.4, -0.2) is 32.2 Å². The van der Waals surface area contributed by atoms with E-state index in [1.807, 2.05) is 6.07 Å². The van der Waals surface area contributed by atoms with Crippen molar-refractivity contribution in [2.75, 3.05) is 12.8 Å². The summed E-state index contributed by atoms with van der Waals surface area (Å²) >= 11 is 3.54. The maximum absolute atomic E-state index is 15.0. The Bertz CT molecular complexity index is 1380. The molecule has 6 nitrogen and oxygen atoms in total. The van der Waals surface area contributed by atoms with Crippen LogP contribution in [0.1, 0.15) is 39.9 Å². The highest BCUT2D eigenvalue weighted by Gasteiger charge is 2.54. The van der Waals surface area contributed by atoms with Crippen molar-refractivity contribution in [3.05, 3.63) is 69.8 Å². The molecule has 2 aromatic carbocycles. The summed E-state index contributed by atoms with van der Waals surface area (Å²) in [5, 5.41) is 0. The van der Waals surface area contributed by atoms with Gasteiger partial charge in [0.05, 0.1) is 35.2 Å². The Morgan fingerprint density at radius 1 is 1.27 bits per heavy atom. The van der Waals surface area contributed by atoms with E-state index in [4.69, 9.17) is 5.73 Å². The number of hydrogen-bond donors (Lipinski definition) is 1. The summed E-state index contributed by atoms with van der Waals surface area (Å²) < 4.78 is 17.7. The summed E-state index contributed by atoms with van der Waals surface area (Å²) in [5.74, 6) is 0.202. The number of benzene rings is 2. The van der Waals surface area contributed by atoms with Crippen LogP contribution in [0.4, 0.5) is 10.2 Å². The molecule has 0 radical (unpaired) electrons. The van der Waals surface area contributed by atoms with Crippen molar-refractivity contribution in [1.82, 2.24) is 19.3 Å². The highest BCUT2D eigenvalue weighted by molar-refractivity contribution is 9.10. The van der Waals surface area contributed by atoms with E-state index >= 15 is 0 Å². The number of halogens is 2. The second-order valence-corrected chi connectivity index (χ2v) is 9.02. The third-order valence-corrected chi connectivity index (χ3v) is 6.94. The van der Waals surface area contributed by atoms with Crippen molar-refractivity contribution in [2.45, 2.75) is 18.4 Å². The minimum atomic E-state index is -0.605. The minimum absolute atomic E-state index is 0.0225. The number of fused-ring (bicyclic) bond motifs is 6. The maximum Gasteiger partial charge on any atom is 0.257 e.